The van der Waals surface area contributed by atoms with Gasteiger partial charge in [-0.2, -0.15) is 0 Å². The van der Waals surface area contributed by atoms with Crippen LogP contribution in [-0.4, -0.2) is 10.5 Å². The number of hydrogen-bond acceptors (Lipinski definition) is 0. The maximum absolute atomic E-state index is 6.05. The first-order valence-corrected chi connectivity index (χ1v) is 13.6. The van der Waals surface area contributed by atoms with Crippen molar-refractivity contribution >= 4 is 40.5 Å². The molecule has 0 nitrogen and oxygen atoms in total. The summed E-state index contributed by atoms with van der Waals surface area (Å²) in [6.07, 6.45) is 5.30. The predicted octanol–water partition coefficient (Wildman–Crippen LogP) is 3.83. The molecular weight excluding hydrogens is 263 g/mol. The molecule has 2 aliphatic rings. The summed E-state index contributed by atoms with van der Waals surface area (Å²) < 4.78 is 0.527. The minimum absolute atomic E-state index is 0.527. The summed E-state index contributed by atoms with van der Waals surface area (Å²) >= 11 is 0. The predicted molar refractivity (Wildman–Crippen MR) is 52.5 cm³/mol. The van der Waals surface area contributed by atoms with Gasteiger partial charge in [-0.3, -0.25) is 0 Å². The average Bonchev–Trinajstić information content (AvgIpc) is 2.42. The Morgan fingerprint density at radius 1 is 1.00 bits per heavy atom. The normalized spacial score (nSPS) is 43.4. The zero-order chi connectivity index (χ0) is 8.06. The molecule has 2 rings (SSSR count). The molecule has 0 radical (unpaired) electrons. The first-order valence-electron chi connectivity index (χ1n) is 4.14. The molecule has 0 saturated heterocycles. The molecular formula is C7H11Cl3Ge. The number of hydrogen-bond donors (Lipinski definition) is 0. The van der Waals surface area contributed by atoms with Crippen LogP contribution in [-0.2, 0) is 0 Å². The SMILES string of the molecule is [Cl][Ge]([Cl])([Cl])[CH]1CC2CCC1C2. The van der Waals surface area contributed by atoms with Gasteiger partial charge in [0.15, 0.2) is 0 Å². The molecule has 0 spiro atoms. The number of fused-ring (bicyclic) bond motifs is 2. The van der Waals surface area contributed by atoms with E-state index < -0.39 is 10.5 Å². The van der Waals surface area contributed by atoms with Crippen molar-refractivity contribution in [2.24, 2.45) is 11.8 Å². The molecule has 3 unspecified atom stereocenters. The summed E-state index contributed by atoms with van der Waals surface area (Å²) in [5.74, 6) is 1.69. The summed E-state index contributed by atoms with van der Waals surface area (Å²) in [7, 11) is 15.3. The van der Waals surface area contributed by atoms with E-state index >= 15 is 0 Å². The molecule has 2 aliphatic carbocycles. The molecule has 11 heavy (non-hydrogen) atoms. The standard InChI is InChI=1S/C7H11Cl3Ge/c8-11(9,10)7-4-5-1-2-6(7)3-5/h5-7H,1-4H2. The third kappa shape index (κ3) is 1.70. The molecule has 0 heterocycles. The van der Waals surface area contributed by atoms with E-state index in [1.807, 2.05) is 0 Å². The zero-order valence-electron chi connectivity index (χ0n) is 6.19. The van der Waals surface area contributed by atoms with Crippen LogP contribution in [0.5, 0.6) is 0 Å². The van der Waals surface area contributed by atoms with E-state index in [4.69, 9.17) is 30.0 Å². The molecule has 0 aromatic rings. The van der Waals surface area contributed by atoms with Gasteiger partial charge in [-0.05, 0) is 0 Å². The van der Waals surface area contributed by atoms with E-state index in [9.17, 15) is 0 Å². The monoisotopic (exact) mass is 274 g/mol. The van der Waals surface area contributed by atoms with Crippen molar-refractivity contribution in [3.8, 4) is 0 Å². The van der Waals surface area contributed by atoms with Gasteiger partial charge in [-0.1, -0.05) is 0 Å². The van der Waals surface area contributed by atoms with Crippen LogP contribution in [0.3, 0.4) is 0 Å². The van der Waals surface area contributed by atoms with Gasteiger partial charge < -0.3 is 0 Å². The molecule has 3 atom stereocenters. The topological polar surface area (TPSA) is 0 Å². The van der Waals surface area contributed by atoms with E-state index in [0.717, 1.165) is 11.8 Å². The van der Waals surface area contributed by atoms with Crippen LogP contribution in [0, 0.1) is 11.8 Å². The molecule has 2 bridgehead atoms. The molecule has 2 fully saturated rings. The van der Waals surface area contributed by atoms with E-state index in [1.54, 1.807) is 0 Å². The van der Waals surface area contributed by atoms with Crippen molar-refractivity contribution in [1.29, 1.82) is 0 Å². The summed E-state index contributed by atoms with van der Waals surface area (Å²) in [5, 5.41) is 0. The second kappa shape index (κ2) is 2.97. The van der Waals surface area contributed by atoms with Crippen LogP contribution in [0.4, 0.5) is 0 Å². The van der Waals surface area contributed by atoms with Gasteiger partial charge in [-0.25, -0.2) is 0 Å². The molecule has 0 aliphatic heterocycles. The number of halogens is 3. The summed E-state index contributed by atoms with van der Waals surface area (Å²) in [4.78, 5) is 0. The fourth-order valence-electron chi connectivity index (χ4n) is 2.65. The van der Waals surface area contributed by atoms with Crippen molar-refractivity contribution in [3.05, 3.63) is 0 Å². The van der Waals surface area contributed by atoms with E-state index in [1.165, 1.54) is 25.7 Å². The Morgan fingerprint density at radius 3 is 2.00 bits per heavy atom. The van der Waals surface area contributed by atoms with E-state index in [2.05, 4.69) is 0 Å². The fourth-order valence-corrected chi connectivity index (χ4v) is 9.83. The number of rotatable bonds is 1. The first kappa shape index (κ1) is 8.99. The van der Waals surface area contributed by atoms with Gasteiger partial charge in [-0.15, -0.1) is 0 Å². The van der Waals surface area contributed by atoms with Crippen LogP contribution in [0.15, 0.2) is 0 Å². The third-order valence-corrected chi connectivity index (χ3v) is 10.8. The Hall–Kier alpha value is 1.41. The summed E-state index contributed by atoms with van der Waals surface area (Å²) in [6, 6.07) is 0. The first-order chi connectivity index (χ1) is 5.07. The molecule has 0 aromatic carbocycles. The van der Waals surface area contributed by atoms with Crippen molar-refractivity contribution in [2.75, 3.05) is 0 Å². The Labute approximate surface area is 82.5 Å². The summed E-state index contributed by atoms with van der Waals surface area (Å²) in [5.41, 5.74) is 0. The average molecular weight is 274 g/mol. The second-order valence-electron chi connectivity index (χ2n) is 3.82. The Morgan fingerprint density at radius 2 is 1.73 bits per heavy atom. The third-order valence-electron chi connectivity index (χ3n) is 3.16. The van der Waals surface area contributed by atoms with Crippen molar-refractivity contribution < 1.29 is 0 Å². The van der Waals surface area contributed by atoms with Crippen molar-refractivity contribution in [1.82, 2.24) is 0 Å². The van der Waals surface area contributed by atoms with Gasteiger partial charge in [0.25, 0.3) is 0 Å². The van der Waals surface area contributed by atoms with Crippen molar-refractivity contribution in [3.63, 3.8) is 0 Å². The second-order valence-corrected chi connectivity index (χ2v) is 20.0. The summed E-state index contributed by atoms with van der Waals surface area (Å²) in [6.45, 7) is 0. The molecule has 0 amide bonds. The van der Waals surface area contributed by atoms with Crippen molar-refractivity contribution in [2.45, 2.75) is 30.4 Å². The van der Waals surface area contributed by atoms with Crippen LogP contribution >= 0.6 is 30.0 Å². The molecule has 0 aromatic heterocycles. The molecule has 64 valence electrons. The van der Waals surface area contributed by atoms with Gasteiger partial charge in [0.2, 0.25) is 0 Å². The van der Waals surface area contributed by atoms with Gasteiger partial charge in [0.1, 0.15) is 0 Å². The van der Waals surface area contributed by atoms with Crippen LogP contribution in [0.1, 0.15) is 25.7 Å². The molecule has 4 heteroatoms. The van der Waals surface area contributed by atoms with E-state index in [-0.39, 0.29) is 0 Å². The Kier molecular flexibility index (Phi) is 2.43. The zero-order valence-corrected chi connectivity index (χ0v) is 10.6. The quantitative estimate of drug-likeness (QED) is 0.637. The minimum atomic E-state index is -2.84. The van der Waals surface area contributed by atoms with Gasteiger partial charge >= 0.3 is 82.8 Å². The van der Waals surface area contributed by atoms with Crippen LogP contribution in [0.25, 0.3) is 0 Å². The van der Waals surface area contributed by atoms with Crippen LogP contribution < -0.4 is 0 Å². The Balaban J connectivity index is 2.08. The van der Waals surface area contributed by atoms with Crippen LogP contribution in [0.2, 0.25) is 4.75 Å². The molecule has 2 saturated carbocycles. The van der Waals surface area contributed by atoms with E-state index in [0.29, 0.717) is 4.75 Å². The maximum atomic E-state index is 6.05. The van der Waals surface area contributed by atoms with Gasteiger partial charge in [0, 0.05) is 0 Å². The van der Waals surface area contributed by atoms with Gasteiger partial charge in [0.05, 0.1) is 0 Å². The fraction of sp³-hybridized carbons (Fsp3) is 1.00. The Bertz CT molecular complexity index is 166. The molecule has 0 N–H and O–H groups in total.